The van der Waals surface area contributed by atoms with Gasteiger partial charge in [0.2, 0.25) is 0 Å². The molecule has 0 bridgehead atoms. The monoisotopic (exact) mass is 282 g/mol. The van der Waals surface area contributed by atoms with E-state index in [1.54, 1.807) is 6.21 Å². The Hall–Kier alpha value is -2.42. The zero-order valence-corrected chi connectivity index (χ0v) is 12.7. The fraction of sp³-hybridized carbons (Fsp3) is 0.222. The zero-order valence-electron chi connectivity index (χ0n) is 12.7. The Morgan fingerprint density at radius 1 is 1.24 bits per heavy atom. The molecular weight excluding hydrogens is 260 g/mol. The number of aldehydes is 1. The van der Waals surface area contributed by atoms with E-state index in [0.717, 1.165) is 35.2 Å². The molecular formula is C18H22N2O. The maximum atomic E-state index is 10.3. The van der Waals surface area contributed by atoms with Crippen molar-refractivity contribution in [1.29, 1.82) is 0 Å². The fourth-order valence-corrected chi connectivity index (χ4v) is 1.83. The summed E-state index contributed by atoms with van der Waals surface area (Å²) in [5, 5.41) is 2.95. The second kappa shape index (κ2) is 8.69. The van der Waals surface area contributed by atoms with Crippen molar-refractivity contribution in [2.45, 2.75) is 20.3 Å². The molecule has 21 heavy (non-hydrogen) atoms. The zero-order chi connectivity index (χ0) is 15.7. The van der Waals surface area contributed by atoms with Crippen molar-refractivity contribution in [1.82, 2.24) is 5.32 Å². The minimum Gasteiger partial charge on any atom is -0.378 e. The number of benzene rings is 1. The van der Waals surface area contributed by atoms with Crippen LogP contribution in [0.5, 0.6) is 0 Å². The van der Waals surface area contributed by atoms with Gasteiger partial charge in [0, 0.05) is 17.6 Å². The lowest BCUT2D eigenvalue weighted by Gasteiger charge is -2.09. The van der Waals surface area contributed by atoms with Gasteiger partial charge in [0.05, 0.1) is 6.54 Å². The van der Waals surface area contributed by atoms with Crippen molar-refractivity contribution in [2.75, 3.05) is 6.54 Å². The average molecular weight is 282 g/mol. The van der Waals surface area contributed by atoms with Crippen LogP contribution in [0.3, 0.4) is 0 Å². The van der Waals surface area contributed by atoms with Crippen molar-refractivity contribution in [3.8, 4) is 0 Å². The van der Waals surface area contributed by atoms with Crippen molar-refractivity contribution in [3.05, 3.63) is 60.3 Å². The highest BCUT2D eigenvalue weighted by molar-refractivity contribution is 5.85. The topological polar surface area (TPSA) is 41.5 Å². The first kappa shape index (κ1) is 16.6. The quantitative estimate of drug-likeness (QED) is 0.581. The lowest BCUT2D eigenvalue weighted by Crippen LogP contribution is -2.13. The Morgan fingerprint density at radius 2 is 1.86 bits per heavy atom. The minimum atomic E-state index is 0.276. The molecule has 0 fully saturated rings. The molecule has 0 heterocycles. The summed E-state index contributed by atoms with van der Waals surface area (Å²) in [6, 6.07) is 8.09. The summed E-state index contributed by atoms with van der Waals surface area (Å²) in [5.74, 6) is 0. The van der Waals surface area contributed by atoms with Gasteiger partial charge in [-0.2, -0.15) is 0 Å². The van der Waals surface area contributed by atoms with Crippen LogP contribution >= 0.6 is 0 Å². The lowest BCUT2D eigenvalue weighted by atomic mass is 10.0. The molecule has 3 heteroatoms. The number of hydrogen-bond acceptors (Lipinski definition) is 3. The average Bonchev–Trinajstić information content (AvgIpc) is 2.49. The van der Waals surface area contributed by atoms with Crippen LogP contribution in [0.4, 0.5) is 0 Å². The Labute approximate surface area is 126 Å². The molecule has 0 saturated carbocycles. The van der Waals surface area contributed by atoms with E-state index in [2.05, 4.69) is 30.4 Å². The van der Waals surface area contributed by atoms with E-state index in [1.807, 2.05) is 37.3 Å². The maximum Gasteiger partial charge on any atom is 0.139 e. The van der Waals surface area contributed by atoms with Gasteiger partial charge < -0.3 is 10.1 Å². The predicted molar refractivity (Wildman–Crippen MR) is 91.1 cm³/mol. The van der Waals surface area contributed by atoms with Gasteiger partial charge in [0.1, 0.15) is 6.29 Å². The van der Waals surface area contributed by atoms with E-state index < -0.39 is 0 Å². The molecule has 0 saturated heterocycles. The second-order valence-electron chi connectivity index (χ2n) is 4.66. The smallest absolute Gasteiger partial charge is 0.139 e. The second-order valence-corrected chi connectivity index (χ2v) is 4.66. The van der Waals surface area contributed by atoms with Crippen LogP contribution < -0.4 is 5.32 Å². The van der Waals surface area contributed by atoms with Gasteiger partial charge >= 0.3 is 0 Å². The third-order valence-electron chi connectivity index (χ3n) is 2.95. The molecule has 0 amide bonds. The molecule has 1 aromatic rings. The summed E-state index contributed by atoms with van der Waals surface area (Å²) in [5.41, 5.74) is 4.87. The number of aliphatic imine (C=N–C) groups is 1. The predicted octanol–water partition coefficient (Wildman–Crippen LogP) is 3.84. The van der Waals surface area contributed by atoms with Crippen LogP contribution in [0.25, 0.3) is 11.3 Å². The number of carbonyl (C=O) groups is 1. The summed E-state index contributed by atoms with van der Waals surface area (Å²) in [6.45, 7) is 11.9. The van der Waals surface area contributed by atoms with Crippen LogP contribution in [0.2, 0.25) is 0 Å². The summed E-state index contributed by atoms with van der Waals surface area (Å²) in [6.07, 6.45) is 5.52. The number of hydrogen-bond donors (Lipinski definition) is 1. The van der Waals surface area contributed by atoms with Crippen molar-refractivity contribution >= 4 is 23.8 Å². The third-order valence-corrected chi connectivity index (χ3v) is 2.95. The van der Waals surface area contributed by atoms with Crippen LogP contribution in [0.1, 0.15) is 31.4 Å². The number of rotatable bonds is 8. The van der Waals surface area contributed by atoms with Crippen molar-refractivity contribution < 1.29 is 4.79 Å². The standard InChI is InChI=1S/C18H22N2O/c1-5-16(10-11-19-14(2)3)18-8-6-17(7-9-18)15(4)20-12-13-21/h6-11,13,20H,2,4-5,12H2,1,3H3/b16-10+,19-11?. The molecule has 0 spiro atoms. The van der Waals surface area contributed by atoms with E-state index in [9.17, 15) is 4.79 Å². The third kappa shape index (κ3) is 5.61. The van der Waals surface area contributed by atoms with E-state index >= 15 is 0 Å². The SMILES string of the molecule is C=C(C)N=C/C=C(\CC)c1ccc(C(=C)NCC=O)cc1. The first-order chi connectivity index (χ1) is 10.1. The Morgan fingerprint density at radius 3 is 2.38 bits per heavy atom. The molecule has 0 aromatic heterocycles. The van der Waals surface area contributed by atoms with Crippen LogP contribution in [-0.2, 0) is 4.79 Å². The van der Waals surface area contributed by atoms with Gasteiger partial charge in [-0.1, -0.05) is 44.3 Å². The van der Waals surface area contributed by atoms with Crippen LogP contribution in [0.15, 0.2) is 54.2 Å². The number of nitrogens with zero attached hydrogens (tertiary/aromatic N) is 1. The maximum absolute atomic E-state index is 10.3. The first-order valence-corrected chi connectivity index (χ1v) is 6.94. The molecule has 1 N–H and O–H groups in total. The highest BCUT2D eigenvalue weighted by Crippen LogP contribution is 2.20. The molecule has 3 nitrogen and oxygen atoms in total. The van der Waals surface area contributed by atoms with Gasteiger partial charge in [-0.05, 0) is 36.1 Å². The molecule has 0 unspecified atom stereocenters. The normalized spacial score (nSPS) is 11.4. The lowest BCUT2D eigenvalue weighted by molar-refractivity contribution is -0.107. The van der Waals surface area contributed by atoms with Crippen molar-refractivity contribution in [2.24, 2.45) is 4.99 Å². The molecule has 0 atom stereocenters. The highest BCUT2D eigenvalue weighted by Gasteiger charge is 2.01. The summed E-state index contributed by atoms with van der Waals surface area (Å²) < 4.78 is 0. The molecule has 110 valence electrons. The first-order valence-electron chi connectivity index (χ1n) is 6.94. The summed E-state index contributed by atoms with van der Waals surface area (Å²) in [7, 11) is 0. The van der Waals surface area contributed by atoms with E-state index in [-0.39, 0.29) is 6.54 Å². The highest BCUT2D eigenvalue weighted by atomic mass is 16.1. The van der Waals surface area contributed by atoms with E-state index in [4.69, 9.17) is 0 Å². The number of carbonyl (C=O) groups excluding carboxylic acids is 1. The van der Waals surface area contributed by atoms with E-state index in [1.165, 1.54) is 5.57 Å². The van der Waals surface area contributed by atoms with Gasteiger partial charge in [-0.25, -0.2) is 0 Å². The largest absolute Gasteiger partial charge is 0.378 e. The molecule has 0 aliphatic rings. The molecule has 0 radical (unpaired) electrons. The Bertz CT molecular complexity index is 565. The molecule has 0 aliphatic heterocycles. The number of nitrogens with one attached hydrogen (secondary N) is 1. The summed E-state index contributed by atoms with van der Waals surface area (Å²) in [4.78, 5) is 14.5. The molecule has 1 aromatic carbocycles. The minimum absolute atomic E-state index is 0.276. The van der Waals surface area contributed by atoms with Crippen LogP contribution in [0, 0.1) is 0 Å². The van der Waals surface area contributed by atoms with Gasteiger partial charge in [0.25, 0.3) is 0 Å². The van der Waals surface area contributed by atoms with Gasteiger partial charge in [-0.3, -0.25) is 4.99 Å². The Kier molecular flexibility index (Phi) is 6.88. The number of allylic oxidation sites excluding steroid dienone is 3. The molecule has 1 rings (SSSR count). The van der Waals surface area contributed by atoms with Gasteiger partial charge in [0.15, 0.2) is 0 Å². The summed E-state index contributed by atoms with van der Waals surface area (Å²) >= 11 is 0. The van der Waals surface area contributed by atoms with Crippen LogP contribution in [-0.4, -0.2) is 19.0 Å². The Balaban J connectivity index is 2.86. The van der Waals surface area contributed by atoms with E-state index in [0.29, 0.717) is 0 Å². The fourth-order valence-electron chi connectivity index (χ4n) is 1.83. The van der Waals surface area contributed by atoms with Gasteiger partial charge in [-0.15, -0.1) is 0 Å². The molecule has 0 aliphatic carbocycles. The van der Waals surface area contributed by atoms with Crippen molar-refractivity contribution in [3.63, 3.8) is 0 Å².